The summed E-state index contributed by atoms with van der Waals surface area (Å²) in [5.74, 6) is -1.81. The van der Waals surface area contributed by atoms with E-state index in [1.807, 2.05) is 6.08 Å². The van der Waals surface area contributed by atoms with Gasteiger partial charge in [0, 0.05) is 19.3 Å². The van der Waals surface area contributed by atoms with Crippen molar-refractivity contribution in [3.8, 4) is 0 Å². The Morgan fingerprint density at radius 3 is 1.42 bits per heavy atom. The van der Waals surface area contributed by atoms with E-state index in [2.05, 4.69) is 129 Å². The van der Waals surface area contributed by atoms with Gasteiger partial charge in [0.25, 0.3) is 0 Å². The molecule has 8 heteroatoms. The van der Waals surface area contributed by atoms with Gasteiger partial charge in [-0.2, -0.15) is 0 Å². The molecule has 2 atom stereocenters. The Morgan fingerprint density at radius 2 is 0.923 bits per heavy atom. The van der Waals surface area contributed by atoms with Crippen LogP contribution in [0.1, 0.15) is 168 Å². The average molecular weight is 902 g/mol. The van der Waals surface area contributed by atoms with Crippen LogP contribution in [0.3, 0.4) is 0 Å². The van der Waals surface area contributed by atoms with Gasteiger partial charge in [-0.3, -0.25) is 9.59 Å². The molecule has 366 valence electrons. The van der Waals surface area contributed by atoms with Gasteiger partial charge in [0.2, 0.25) is 0 Å². The first-order valence-electron chi connectivity index (χ1n) is 25.1. The normalized spacial score (nSPS) is 13.9. The zero-order valence-corrected chi connectivity index (χ0v) is 41.6. The molecule has 2 unspecified atom stereocenters. The van der Waals surface area contributed by atoms with Crippen molar-refractivity contribution in [2.75, 3.05) is 41.0 Å². The van der Waals surface area contributed by atoms with E-state index in [-0.39, 0.29) is 49.1 Å². The van der Waals surface area contributed by atoms with E-state index in [1.54, 1.807) is 21.1 Å². The molecule has 8 nitrogen and oxygen atoms in total. The van der Waals surface area contributed by atoms with E-state index >= 15 is 0 Å². The molecule has 0 saturated carbocycles. The van der Waals surface area contributed by atoms with Crippen LogP contribution in [0.15, 0.2) is 122 Å². The highest BCUT2D eigenvalue weighted by molar-refractivity contribution is 5.70. The average Bonchev–Trinajstić information content (AvgIpc) is 3.27. The standard InChI is InChI=1S/C57H91NO7/c1-6-8-10-12-14-16-18-20-22-24-26-27-28-29-30-32-34-36-38-40-42-44-46-48-56(60)65-53(51-63-50-49-54(57(61)62)58(3,4)5)52-64-55(59)47-45-43-41-39-37-35-33-31-25-23-21-19-17-15-13-11-9-7-2/h8,10,14-17,19-23,25-27,29-31,33-34,36,53-54H,6-7,9,11-13,18,24,28,32,35,37-52H2,1-5H3/b10-8+,16-14+,17-15+,21-19+,22-20+,25-23+,27-26+,30-29+,33-31+,36-34+. The monoisotopic (exact) mass is 902 g/mol. The van der Waals surface area contributed by atoms with Crippen LogP contribution in [0.2, 0.25) is 0 Å². The van der Waals surface area contributed by atoms with E-state index in [9.17, 15) is 19.5 Å². The van der Waals surface area contributed by atoms with Gasteiger partial charge in [0.05, 0.1) is 40.3 Å². The fourth-order valence-electron chi connectivity index (χ4n) is 6.56. The molecule has 0 radical (unpaired) electrons. The fraction of sp³-hybridized carbons (Fsp3) is 0.596. The number of aliphatic carboxylic acids is 1. The number of carbonyl (C=O) groups excluding carboxylic acids is 3. The van der Waals surface area contributed by atoms with Crippen molar-refractivity contribution in [2.24, 2.45) is 0 Å². The second-order valence-electron chi connectivity index (χ2n) is 17.4. The predicted octanol–water partition coefficient (Wildman–Crippen LogP) is 13.2. The molecule has 0 bridgehead atoms. The lowest BCUT2D eigenvalue weighted by atomic mass is 10.1. The van der Waals surface area contributed by atoms with Gasteiger partial charge in [-0.25, -0.2) is 0 Å². The number of hydrogen-bond acceptors (Lipinski definition) is 7. The summed E-state index contributed by atoms with van der Waals surface area (Å²) in [6.07, 6.45) is 65.0. The third-order valence-electron chi connectivity index (χ3n) is 10.4. The number of rotatable bonds is 43. The number of carboxylic acid groups (broad SMARTS) is 1. The van der Waals surface area contributed by atoms with Crippen molar-refractivity contribution in [2.45, 2.75) is 180 Å². The van der Waals surface area contributed by atoms with Crippen LogP contribution in [0.4, 0.5) is 0 Å². The van der Waals surface area contributed by atoms with Crippen LogP contribution in [-0.4, -0.2) is 75.5 Å². The summed E-state index contributed by atoms with van der Waals surface area (Å²) in [7, 11) is 5.38. The Morgan fingerprint density at radius 1 is 0.492 bits per heavy atom. The molecule has 0 spiro atoms. The molecule has 0 aromatic carbocycles. The number of quaternary nitrogens is 1. The molecular formula is C57H91NO7. The van der Waals surface area contributed by atoms with Gasteiger partial charge < -0.3 is 28.6 Å². The molecule has 0 saturated heterocycles. The number of carboxylic acids is 1. The molecule has 0 aromatic rings. The maximum absolute atomic E-state index is 12.8. The van der Waals surface area contributed by atoms with Gasteiger partial charge in [-0.1, -0.05) is 180 Å². The summed E-state index contributed by atoms with van der Waals surface area (Å²) < 4.78 is 17.2. The first-order valence-corrected chi connectivity index (χ1v) is 25.1. The molecule has 0 aliphatic heterocycles. The lowest BCUT2D eigenvalue weighted by molar-refractivity contribution is -0.889. The van der Waals surface area contributed by atoms with Crippen LogP contribution in [-0.2, 0) is 28.6 Å². The lowest BCUT2D eigenvalue weighted by Crippen LogP contribution is -2.55. The highest BCUT2D eigenvalue weighted by atomic mass is 16.6. The summed E-state index contributed by atoms with van der Waals surface area (Å²) in [6, 6.07) is -0.744. The third-order valence-corrected chi connectivity index (χ3v) is 10.4. The van der Waals surface area contributed by atoms with Gasteiger partial charge >= 0.3 is 11.9 Å². The van der Waals surface area contributed by atoms with Crippen molar-refractivity contribution in [3.05, 3.63) is 122 Å². The summed E-state index contributed by atoms with van der Waals surface area (Å²) in [5.41, 5.74) is 0. The van der Waals surface area contributed by atoms with Gasteiger partial charge in [-0.15, -0.1) is 0 Å². The summed E-state index contributed by atoms with van der Waals surface area (Å²) >= 11 is 0. The number of allylic oxidation sites excluding steroid dienone is 20. The number of ether oxygens (including phenoxy) is 3. The highest BCUT2D eigenvalue weighted by Crippen LogP contribution is 2.12. The predicted molar refractivity (Wildman–Crippen MR) is 272 cm³/mol. The smallest absolute Gasteiger partial charge is 0.306 e. The largest absolute Gasteiger partial charge is 0.544 e. The topological polar surface area (TPSA) is 102 Å². The first kappa shape index (κ1) is 60.7. The summed E-state index contributed by atoms with van der Waals surface area (Å²) in [4.78, 5) is 37.0. The van der Waals surface area contributed by atoms with Crippen LogP contribution in [0.25, 0.3) is 0 Å². The fourth-order valence-corrected chi connectivity index (χ4v) is 6.56. The second-order valence-corrected chi connectivity index (χ2v) is 17.4. The van der Waals surface area contributed by atoms with E-state index in [0.717, 1.165) is 116 Å². The molecule has 0 aliphatic carbocycles. The molecule has 65 heavy (non-hydrogen) atoms. The molecular weight excluding hydrogens is 811 g/mol. The minimum absolute atomic E-state index is 0.0133. The van der Waals surface area contributed by atoms with Gasteiger partial charge in [0.15, 0.2) is 6.10 Å². The Bertz CT molecular complexity index is 1470. The number of likely N-dealkylation sites (N-methyl/N-ethyl adjacent to an activating group) is 1. The van der Waals surface area contributed by atoms with Crippen molar-refractivity contribution < 1.29 is 38.2 Å². The molecule has 0 heterocycles. The minimum Gasteiger partial charge on any atom is -0.544 e. The molecule has 0 amide bonds. The highest BCUT2D eigenvalue weighted by Gasteiger charge is 2.25. The van der Waals surface area contributed by atoms with Gasteiger partial charge in [0.1, 0.15) is 12.6 Å². The Balaban J connectivity index is 4.41. The molecule has 0 aromatic heterocycles. The maximum atomic E-state index is 12.8. The number of carbonyl (C=O) groups is 3. The van der Waals surface area contributed by atoms with Crippen molar-refractivity contribution in [3.63, 3.8) is 0 Å². The van der Waals surface area contributed by atoms with Crippen molar-refractivity contribution in [1.82, 2.24) is 0 Å². The third kappa shape index (κ3) is 44.7. The zero-order valence-electron chi connectivity index (χ0n) is 41.6. The van der Waals surface area contributed by atoms with Gasteiger partial charge in [-0.05, 0) is 89.9 Å². The van der Waals surface area contributed by atoms with E-state index < -0.39 is 18.1 Å². The number of unbranched alkanes of at least 4 members (excludes halogenated alkanes) is 12. The van der Waals surface area contributed by atoms with E-state index in [4.69, 9.17) is 14.2 Å². The molecule has 0 rings (SSSR count). The molecule has 0 fully saturated rings. The van der Waals surface area contributed by atoms with Crippen LogP contribution in [0, 0.1) is 0 Å². The Hall–Kier alpha value is -4.27. The lowest BCUT2D eigenvalue weighted by Gasteiger charge is -2.34. The van der Waals surface area contributed by atoms with E-state index in [1.165, 1.54) is 19.3 Å². The molecule has 0 N–H and O–H groups in total. The second kappa shape index (κ2) is 46.3. The first-order chi connectivity index (χ1) is 31.6. The Kier molecular flexibility index (Phi) is 43.2. The molecule has 0 aliphatic rings. The van der Waals surface area contributed by atoms with E-state index in [0.29, 0.717) is 6.42 Å². The minimum atomic E-state index is -1.14. The number of esters is 2. The Labute approximate surface area is 397 Å². The summed E-state index contributed by atoms with van der Waals surface area (Å²) in [5, 5.41) is 11.7. The summed E-state index contributed by atoms with van der Waals surface area (Å²) in [6.45, 7) is 4.44. The van der Waals surface area contributed by atoms with Crippen LogP contribution < -0.4 is 5.11 Å². The number of hydrogen-bond donors (Lipinski definition) is 0. The quantitative estimate of drug-likeness (QED) is 0.0197. The SMILES string of the molecule is CC/C=C/C/C=C/C/C=C/C/C=C/C/C=C/C/C=C/CCCCCCC(=O)OC(COCCC(C(=O)[O-])[N+](C)(C)C)COC(=O)CCCCCCC/C=C/C=C/C=C/C=C/CCCCC. The van der Waals surface area contributed by atoms with Crippen LogP contribution in [0.5, 0.6) is 0 Å². The number of nitrogens with zero attached hydrogens (tertiary/aromatic N) is 1. The van der Waals surface area contributed by atoms with Crippen molar-refractivity contribution in [1.29, 1.82) is 0 Å². The van der Waals surface area contributed by atoms with Crippen LogP contribution >= 0.6 is 0 Å². The van der Waals surface area contributed by atoms with Crippen molar-refractivity contribution >= 4 is 17.9 Å². The zero-order chi connectivity index (χ0) is 47.7. The maximum Gasteiger partial charge on any atom is 0.306 e.